The summed E-state index contributed by atoms with van der Waals surface area (Å²) in [5.74, 6) is 0.661. The van der Waals surface area contributed by atoms with E-state index in [0.29, 0.717) is 5.69 Å². The maximum absolute atomic E-state index is 12.5. The molecule has 0 radical (unpaired) electrons. The molecule has 2 bridgehead atoms. The molecular formula is C16H19N3O2S. The minimum absolute atomic E-state index is 0.0809. The third-order valence-corrected chi connectivity index (χ3v) is 5.44. The standard InChI is InChI=1S/C16H19N3O2S/c1-22-15-9-21-14-6-17-13(5-12(14)15)16(20)18-11-4-10-2-3-19(7-10)8-11/h5-6,9-11H,2-4,7-8H2,1H3,(H,18,20). The van der Waals surface area contributed by atoms with Crippen LogP contribution in [0.25, 0.3) is 11.0 Å². The van der Waals surface area contributed by atoms with Crippen LogP contribution in [0.1, 0.15) is 23.3 Å². The van der Waals surface area contributed by atoms with Crippen LogP contribution in [0.2, 0.25) is 0 Å². The molecule has 22 heavy (non-hydrogen) atoms. The van der Waals surface area contributed by atoms with Crippen LogP contribution in [0.4, 0.5) is 0 Å². The molecule has 2 fully saturated rings. The summed E-state index contributed by atoms with van der Waals surface area (Å²) in [7, 11) is 0. The van der Waals surface area contributed by atoms with E-state index in [1.54, 1.807) is 24.2 Å². The van der Waals surface area contributed by atoms with Gasteiger partial charge in [0.05, 0.1) is 11.1 Å². The number of pyridine rings is 1. The van der Waals surface area contributed by atoms with E-state index in [1.807, 2.05) is 12.3 Å². The van der Waals surface area contributed by atoms with Gasteiger partial charge in [-0.3, -0.25) is 4.79 Å². The quantitative estimate of drug-likeness (QED) is 0.881. The molecule has 2 aliphatic rings. The molecule has 2 aliphatic heterocycles. The summed E-state index contributed by atoms with van der Waals surface area (Å²) in [4.78, 5) is 20.2. The summed E-state index contributed by atoms with van der Waals surface area (Å²) in [6.45, 7) is 3.34. The first kappa shape index (κ1) is 14.1. The van der Waals surface area contributed by atoms with Gasteiger partial charge < -0.3 is 14.6 Å². The molecule has 6 heteroatoms. The predicted octanol–water partition coefficient (Wildman–Crippen LogP) is 2.37. The first-order valence-electron chi connectivity index (χ1n) is 7.67. The van der Waals surface area contributed by atoms with Gasteiger partial charge in [0.25, 0.3) is 5.91 Å². The van der Waals surface area contributed by atoms with Crippen LogP contribution in [-0.4, -0.2) is 47.7 Å². The van der Waals surface area contributed by atoms with E-state index < -0.39 is 0 Å². The van der Waals surface area contributed by atoms with Gasteiger partial charge in [-0.15, -0.1) is 11.8 Å². The van der Waals surface area contributed by atoms with E-state index >= 15 is 0 Å². The van der Waals surface area contributed by atoms with Crippen molar-refractivity contribution in [3.63, 3.8) is 0 Å². The molecular weight excluding hydrogens is 298 g/mol. The third-order valence-electron chi connectivity index (χ3n) is 4.68. The van der Waals surface area contributed by atoms with Crippen molar-refractivity contribution in [2.75, 3.05) is 25.9 Å². The SMILES string of the molecule is CSc1coc2cnc(C(=O)NC3CC4CCN(C4)C3)cc12. The second-order valence-electron chi connectivity index (χ2n) is 6.19. The van der Waals surface area contributed by atoms with Crippen molar-refractivity contribution < 1.29 is 9.21 Å². The molecule has 2 saturated heterocycles. The van der Waals surface area contributed by atoms with Crippen LogP contribution in [0.3, 0.4) is 0 Å². The zero-order chi connectivity index (χ0) is 15.1. The molecule has 0 aromatic carbocycles. The Morgan fingerprint density at radius 2 is 2.41 bits per heavy atom. The molecule has 5 nitrogen and oxygen atoms in total. The Labute approximate surface area is 133 Å². The number of thioether (sulfide) groups is 1. The Morgan fingerprint density at radius 1 is 1.50 bits per heavy atom. The van der Waals surface area contributed by atoms with Crippen LogP contribution in [0.5, 0.6) is 0 Å². The Balaban J connectivity index is 1.52. The fraction of sp³-hybridized carbons (Fsp3) is 0.500. The Morgan fingerprint density at radius 3 is 3.23 bits per heavy atom. The van der Waals surface area contributed by atoms with Crippen molar-refractivity contribution in [2.24, 2.45) is 5.92 Å². The highest BCUT2D eigenvalue weighted by molar-refractivity contribution is 7.98. The maximum atomic E-state index is 12.5. The van der Waals surface area contributed by atoms with Crippen molar-refractivity contribution in [2.45, 2.75) is 23.8 Å². The number of carbonyl (C=O) groups excluding carboxylic acids is 1. The summed E-state index contributed by atoms with van der Waals surface area (Å²) in [6.07, 6.45) is 7.70. The van der Waals surface area contributed by atoms with Crippen LogP contribution >= 0.6 is 11.8 Å². The van der Waals surface area contributed by atoms with Crippen molar-refractivity contribution >= 4 is 28.6 Å². The van der Waals surface area contributed by atoms with Crippen molar-refractivity contribution in [1.29, 1.82) is 0 Å². The molecule has 0 saturated carbocycles. The van der Waals surface area contributed by atoms with Gasteiger partial charge in [0.1, 0.15) is 12.0 Å². The molecule has 0 spiro atoms. The number of hydrogen-bond acceptors (Lipinski definition) is 5. The molecule has 116 valence electrons. The summed E-state index contributed by atoms with van der Waals surface area (Å²) < 4.78 is 5.44. The Kier molecular flexibility index (Phi) is 3.58. The lowest BCUT2D eigenvalue weighted by Gasteiger charge is -2.30. The lowest BCUT2D eigenvalue weighted by Crippen LogP contribution is -2.47. The predicted molar refractivity (Wildman–Crippen MR) is 86.2 cm³/mol. The first-order valence-corrected chi connectivity index (χ1v) is 8.90. The molecule has 4 heterocycles. The van der Waals surface area contributed by atoms with Gasteiger partial charge in [-0.25, -0.2) is 4.98 Å². The van der Waals surface area contributed by atoms with Crippen LogP contribution < -0.4 is 5.32 Å². The topological polar surface area (TPSA) is 58.4 Å². The van der Waals surface area contributed by atoms with Crippen LogP contribution in [-0.2, 0) is 0 Å². The number of hydrogen-bond donors (Lipinski definition) is 1. The molecule has 4 rings (SSSR count). The number of piperidine rings is 1. The summed E-state index contributed by atoms with van der Waals surface area (Å²) in [6, 6.07) is 2.08. The van der Waals surface area contributed by atoms with Crippen LogP contribution in [0.15, 0.2) is 27.8 Å². The minimum Gasteiger partial charge on any atom is -0.462 e. The van der Waals surface area contributed by atoms with Gasteiger partial charge in [0.2, 0.25) is 0 Å². The number of fused-ring (bicyclic) bond motifs is 3. The largest absolute Gasteiger partial charge is 0.462 e. The highest BCUT2D eigenvalue weighted by Crippen LogP contribution is 2.29. The van der Waals surface area contributed by atoms with E-state index in [4.69, 9.17) is 4.42 Å². The first-order chi connectivity index (χ1) is 10.7. The second kappa shape index (κ2) is 5.59. The number of rotatable bonds is 3. The normalized spacial score (nSPS) is 27.2. The van der Waals surface area contributed by atoms with Crippen molar-refractivity contribution in [3.8, 4) is 0 Å². The van der Waals surface area contributed by atoms with E-state index in [0.717, 1.165) is 34.7 Å². The van der Waals surface area contributed by atoms with Gasteiger partial charge in [-0.2, -0.15) is 0 Å². The fourth-order valence-electron chi connectivity index (χ4n) is 3.62. The zero-order valence-electron chi connectivity index (χ0n) is 12.5. The lowest BCUT2D eigenvalue weighted by atomic mass is 9.97. The van der Waals surface area contributed by atoms with Crippen molar-refractivity contribution in [1.82, 2.24) is 15.2 Å². The van der Waals surface area contributed by atoms with Crippen molar-refractivity contribution in [3.05, 3.63) is 24.2 Å². The highest BCUT2D eigenvalue weighted by Gasteiger charge is 2.33. The molecule has 1 N–H and O–H groups in total. The summed E-state index contributed by atoms with van der Waals surface area (Å²) in [5, 5.41) is 4.11. The van der Waals surface area contributed by atoms with E-state index in [2.05, 4.69) is 15.2 Å². The average Bonchev–Trinajstić information content (AvgIpc) is 3.09. The number of amides is 1. The van der Waals surface area contributed by atoms with Gasteiger partial charge in [0, 0.05) is 24.5 Å². The highest BCUT2D eigenvalue weighted by atomic mass is 32.2. The van der Waals surface area contributed by atoms with E-state index in [-0.39, 0.29) is 11.9 Å². The molecule has 2 aromatic rings. The third kappa shape index (κ3) is 2.50. The number of nitrogens with one attached hydrogen (secondary N) is 1. The maximum Gasteiger partial charge on any atom is 0.270 e. The molecule has 0 aliphatic carbocycles. The average molecular weight is 317 g/mol. The molecule has 2 aromatic heterocycles. The smallest absolute Gasteiger partial charge is 0.270 e. The molecule has 3 atom stereocenters. The van der Waals surface area contributed by atoms with Gasteiger partial charge in [-0.1, -0.05) is 0 Å². The van der Waals surface area contributed by atoms with Gasteiger partial charge in [0.15, 0.2) is 5.58 Å². The van der Waals surface area contributed by atoms with Gasteiger partial charge in [-0.05, 0) is 37.6 Å². The van der Waals surface area contributed by atoms with E-state index in [1.165, 1.54) is 19.5 Å². The number of aromatic nitrogens is 1. The monoisotopic (exact) mass is 317 g/mol. The van der Waals surface area contributed by atoms with Crippen LogP contribution in [0, 0.1) is 5.92 Å². The number of furan rings is 1. The minimum atomic E-state index is -0.0809. The Bertz CT molecular complexity index is 702. The lowest BCUT2D eigenvalue weighted by molar-refractivity contribution is 0.0904. The Hall–Kier alpha value is -1.53. The molecule has 1 amide bonds. The van der Waals surface area contributed by atoms with Gasteiger partial charge >= 0.3 is 0 Å². The fourth-order valence-corrected chi connectivity index (χ4v) is 4.14. The summed E-state index contributed by atoms with van der Waals surface area (Å²) >= 11 is 1.61. The second-order valence-corrected chi connectivity index (χ2v) is 7.04. The number of carbonyl (C=O) groups is 1. The summed E-state index contributed by atoms with van der Waals surface area (Å²) in [5.41, 5.74) is 1.19. The zero-order valence-corrected chi connectivity index (χ0v) is 13.4. The molecule has 3 unspecified atom stereocenters. The number of nitrogens with zero attached hydrogens (tertiary/aromatic N) is 2. The van der Waals surface area contributed by atoms with E-state index in [9.17, 15) is 4.79 Å².